The summed E-state index contributed by atoms with van der Waals surface area (Å²) < 4.78 is 18.0. The highest BCUT2D eigenvalue weighted by atomic mass is 35.5. The van der Waals surface area contributed by atoms with E-state index in [-0.39, 0.29) is 10.9 Å². The zero-order chi connectivity index (χ0) is 11.4. The summed E-state index contributed by atoms with van der Waals surface area (Å²) >= 11 is 10.6. The van der Waals surface area contributed by atoms with Crippen molar-refractivity contribution in [1.29, 1.82) is 0 Å². The van der Waals surface area contributed by atoms with Gasteiger partial charge in [0.1, 0.15) is 11.6 Å². The van der Waals surface area contributed by atoms with Gasteiger partial charge in [-0.2, -0.15) is 0 Å². The van der Waals surface area contributed by atoms with Crippen LogP contribution in [0.5, 0.6) is 5.75 Å². The summed E-state index contributed by atoms with van der Waals surface area (Å²) in [5.74, 6) is -0.00275. The van der Waals surface area contributed by atoms with Crippen molar-refractivity contribution in [1.82, 2.24) is 0 Å². The first-order valence-corrected chi connectivity index (χ1v) is 5.16. The molecule has 0 bridgehead atoms. The minimum Gasteiger partial charge on any atom is -0.491 e. The van der Waals surface area contributed by atoms with Gasteiger partial charge in [-0.25, -0.2) is 4.39 Å². The molecule has 2 nitrogen and oxygen atoms in total. The van der Waals surface area contributed by atoms with Crippen LogP contribution in [0.2, 0.25) is 5.02 Å². The second-order valence-corrected chi connectivity index (χ2v) is 4.07. The molecule has 0 fully saturated rings. The number of hydrogen-bond donors (Lipinski definition) is 1. The van der Waals surface area contributed by atoms with Crippen LogP contribution in [-0.2, 0) is 0 Å². The van der Waals surface area contributed by atoms with Gasteiger partial charge >= 0.3 is 0 Å². The number of ether oxygens (including phenoxy) is 1. The molecule has 0 heterocycles. The molecule has 1 rings (SSSR count). The van der Waals surface area contributed by atoms with Gasteiger partial charge in [0, 0.05) is 5.92 Å². The number of nitrogens with two attached hydrogens (primary N) is 1. The molecule has 0 aliphatic carbocycles. The molecule has 1 atom stereocenters. The third kappa shape index (κ3) is 3.64. The standard InChI is InChI=1S/C10H11ClFNOS/c1-6(10(13)15)5-14-9-3-2-7(12)4-8(9)11/h2-4,6H,5H2,1H3,(H2,13,15). The summed E-state index contributed by atoms with van der Waals surface area (Å²) in [6, 6.07) is 3.96. The number of thiocarbonyl (C=S) groups is 1. The highest BCUT2D eigenvalue weighted by Crippen LogP contribution is 2.25. The van der Waals surface area contributed by atoms with Crippen molar-refractivity contribution in [2.24, 2.45) is 11.7 Å². The third-order valence-corrected chi connectivity index (χ3v) is 2.57. The average Bonchev–Trinajstić information content (AvgIpc) is 2.15. The Morgan fingerprint density at radius 2 is 2.33 bits per heavy atom. The first-order chi connectivity index (χ1) is 7.00. The van der Waals surface area contributed by atoms with E-state index in [0.717, 1.165) is 0 Å². The first-order valence-electron chi connectivity index (χ1n) is 4.38. The Morgan fingerprint density at radius 3 is 2.87 bits per heavy atom. The second-order valence-electron chi connectivity index (χ2n) is 3.19. The van der Waals surface area contributed by atoms with Crippen LogP contribution >= 0.6 is 23.8 Å². The quantitative estimate of drug-likeness (QED) is 0.831. The lowest BCUT2D eigenvalue weighted by molar-refractivity contribution is 0.293. The fraction of sp³-hybridized carbons (Fsp3) is 0.300. The summed E-state index contributed by atoms with van der Waals surface area (Å²) in [7, 11) is 0. The molecule has 0 spiro atoms. The monoisotopic (exact) mass is 247 g/mol. The van der Waals surface area contributed by atoms with E-state index in [4.69, 9.17) is 34.3 Å². The van der Waals surface area contributed by atoms with Crippen LogP contribution in [0.15, 0.2) is 18.2 Å². The molecule has 5 heteroatoms. The zero-order valence-electron chi connectivity index (χ0n) is 8.17. The van der Waals surface area contributed by atoms with Gasteiger partial charge in [-0.3, -0.25) is 0 Å². The Labute approximate surface area is 98.2 Å². The van der Waals surface area contributed by atoms with Crippen LogP contribution in [-0.4, -0.2) is 11.6 Å². The van der Waals surface area contributed by atoms with Gasteiger partial charge in [0.2, 0.25) is 0 Å². The minimum absolute atomic E-state index is 0.0406. The minimum atomic E-state index is -0.394. The molecule has 82 valence electrons. The lowest BCUT2D eigenvalue weighted by atomic mass is 10.2. The lowest BCUT2D eigenvalue weighted by Crippen LogP contribution is -2.24. The maximum Gasteiger partial charge on any atom is 0.138 e. The van der Waals surface area contributed by atoms with Gasteiger partial charge in [0.25, 0.3) is 0 Å². The van der Waals surface area contributed by atoms with Gasteiger partial charge in [-0.05, 0) is 18.2 Å². The Balaban J connectivity index is 2.62. The van der Waals surface area contributed by atoms with E-state index >= 15 is 0 Å². The van der Waals surface area contributed by atoms with Crippen LogP contribution in [0.1, 0.15) is 6.92 Å². The van der Waals surface area contributed by atoms with E-state index in [1.165, 1.54) is 18.2 Å². The molecular weight excluding hydrogens is 237 g/mol. The van der Waals surface area contributed by atoms with Crippen LogP contribution in [0, 0.1) is 11.7 Å². The molecular formula is C10H11ClFNOS. The van der Waals surface area contributed by atoms with E-state index in [1.807, 2.05) is 6.92 Å². The van der Waals surface area contributed by atoms with E-state index in [1.54, 1.807) is 0 Å². The van der Waals surface area contributed by atoms with E-state index in [9.17, 15) is 4.39 Å². The topological polar surface area (TPSA) is 35.2 Å². The summed E-state index contributed by atoms with van der Waals surface area (Å²) in [6.45, 7) is 2.18. The third-order valence-electron chi connectivity index (χ3n) is 1.87. The number of hydrogen-bond acceptors (Lipinski definition) is 2. The van der Waals surface area contributed by atoms with Crippen molar-refractivity contribution in [2.75, 3.05) is 6.61 Å². The Bertz CT molecular complexity index is 372. The molecule has 1 aromatic rings. The fourth-order valence-electron chi connectivity index (χ4n) is 0.889. The second kappa shape index (κ2) is 5.28. The van der Waals surface area contributed by atoms with E-state index in [0.29, 0.717) is 17.3 Å². The van der Waals surface area contributed by atoms with Gasteiger partial charge in [0.05, 0.1) is 16.6 Å². The SMILES string of the molecule is CC(COc1ccc(F)cc1Cl)C(N)=S. The maximum absolute atomic E-state index is 12.7. The highest BCUT2D eigenvalue weighted by molar-refractivity contribution is 7.80. The molecule has 0 aromatic heterocycles. The predicted molar refractivity (Wildman–Crippen MR) is 62.9 cm³/mol. The van der Waals surface area contributed by atoms with E-state index < -0.39 is 5.82 Å². The molecule has 0 saturated carbocycles. The smallest absolute Gasteiger partial charge is 0.138 e. The van der Waals surface area contributed by atoms with Crippen molar-refractivity contribution in [3.8, 4) is 5.75 Å². The highest BCUT2D eigenvalue weighted by Gasteiger charge is 2.08. The predicted octanol–water partition coefficient (Wildman–Crippen LogP) is 2.78. The Morgan fingerprint density at radius 1 is 1.67 bits per heavy atom. The first kappa shape index (κ1) is 12.2. The summed E-state index contributed by atoms with van der Waals surface area (Å²) in [5.41, 5.74) is 5.42. The molecule has 0 radical (unpaired) electrons. The molecule has 0 aliphatic heterocycles. The number of benzene rings is 1. The maximum atomic E-state index is 12.7. The largest absolute Gasteiger partial charge is 0.491 e. The van der Waals surface area contributed by atoms with Gasteiger partial charge in [-0.1, -0.05) is 30.7 Å². The number of rotatable bonds is 4. The zero-order valence-corrected chi connectivity index (χ0v) is 9.74. The van der Waals surface area contributed by atoms with Crippen LogP contribution in [0.25, 0.3) is 0 Å². The van der Waals surface area contributed by atoms with E-state index in [2.05, 4.69) is 0 Å². The summed E-state index contributed by atoms with van der Waals surface area (Å²) in [5, 5.41) is 0.241. The van der Waals surface area contributed by atoms with Crippen molar-refractivity contribution in [3.63, 3.8) is 0 Å². The normalized spacial score (nSPS) is 12.2. The van der Waals surface area contributed by atoms with Crippen molar-refractivity contribution >= 4 is 28.8 Å². The van der Waals surface area contributed by atoms with Crippen molar-refractivity contribution in [2.45, 2.75) is 6.92 Å². The van der Waals surface area contributed by atoms with Crippen LogP contribution < -0.4 is 10.5 Å². The lowest BCUT2D eigenvalue weighted by Gasteiger charge is -2.12. The molecule has 2 N–H and O–H groups in total. The van der Waals surface area contributed by atoms with Crippen molar-refractivity contribution < 1.29 is 9.13 Å². The van der Waals surface area contributed by atoms with Crippen LogP contribution in [0.4, 0.5) is 4.39 Å². The van der Waals surface area contributed by atoms with Crippen molar-refractivity contribution in [3.05, 3.63) is 29.0 Å². The molecule has 0 saturated heterocycles. The molecule has 1 aromatic carbocycles. The van der Waals surface area contributed by atoms with Gasteiger partial charge in [0.15, 0.2) is 0 Å². The molecule has 0 aliphatic rings. The number of halogens is 2. The Kier molecular flexibility index (Phi) is 4.29. The van der Waals surface area contributed by atoms with Gasteiger partial charge < -0.3 is 10.5 Å². The summed E-state index contributed by atoms with van der Waals surface area (Å²) in [4.78, 5) is 0.383. The molecule has 1 unspecified atom stereocenters. The average molecular weight is 248 g/mol. The van der Waals surface area contributed by atoms with Crippen LogP contribution in [0.3, 0.4) is 0 Å². The summed E-state index contributed by atoms with van der Waals surface area (Å²) in [6.07, 6.45) is 0. The molecule has 15 heavy (non-hydrogen) atoms. The molecule has 0 amide bonds. The fourth-order valence-corrected chi connectivity index (χ4v) is 1.18. The van der Waals surface area contributed by atoms with Gasteiger partial charge in [-0.15, -0.1) is 0 Å². The Hall–Kier alpha value is -0.870.